The van der Waals surface area contributed by atoms with E-state index in [0.717, 1.165) is 5.56 Å². The van der Waals surface area contributed by atoms with Gasteiger partial charge in [-0.15, -0.1) is 0 Å². The van der Waals surface area contributed by atoms with E-state index in [4.69, 9.17) is 32.2 Å². The number of hydrogen-bond acceptors (Lipinski definition) is 7. The third-order valence-electron chi connectivity index (χ3n) is 4.84. The molecule has 0 aliphatic carbocycles. The van der Waals surface area contributed by atoms with Crippen LogP contribution in [0.5, 0.6) is 0 Å². The van der Waals surface area contributed by atoms with Gasteiger partial charge in [0.25, 0.3) is 0 Å². The number of nitrogens with zero attached hydrogens (tertiary/aromatic N) is 1. The molecule has 178 valence electrons. The average Bonchev–Trinajstić information content (AvgIpc) is 2.74. The van der Waals surface area contributed by atoms with Crippen LogP contribution in [0.3, 0.4) is 0 Å². The lowest BCUT2D eigenvalue weighted by Crippen LogP contribution is -2.17. The fraction of sp³-hybridized carbons (Fsp3) is 0.391. The number of Topliss-reactive ketones (excluding diaryl/α,β-unsaturated/α-hetero) is 1. The number of benzene rings is 2. The smallest absolute Gasteiger partial charge is 0.332 e. The van der Waals surface area contributed by atoms with Crippen LogP contribution in [0.2, 0.25) is 10.0 Å². The summed E-state index contributed by atoms with van der Waals surface area (Å²) in [5.41, 5.74) is 2.68. The predicted molar refractivity (Wildman–Crippen MR) is 134 cm³/mol. The molecule has 0 aliphatic heterocycles. The van der Waals surface area contributed by atoms with Crippen molar-refractivity contribution in [3.63, 3.8) is 0 Å². The van der Waals surface area contributed by atoms with Crippen molar-refractivity contribution in [2.45, 2.75) is 33.7 Å². The molecule has 0 aliphatic rings. The third-order valence-corrected chi connectivity index (χ3v) is 7.57. The maximum atomic E-state index is 12.8. The lowest BCUT2D eigenvalue weighted by molar-refractivity contribution is 0.101. The quantitative estimate of drug-likeness (QED) is 0.237. The van der Waals surface area contributed by atoms with E-state index in [9.17, 15) is 14.6 Å². The number of ketones is 1. The minimum atomic E-state index is -3.25. The van der Waals surface area contributed by atoms with Crippen molar-refractivity contribution in [1.82, 2.24) is 0 Å². The van der Waals surface area contributed by atoms with Crippen molar-refractivity contribution in [1.29, 1.82) is 5.26 Å². The molecule has 1 unspecified atom stereocenters. The highest BCUT2D eigenvalue weighted by Crippen LogP contribution is 2.47. The predicted octanol–water partition coefficient (Wildman–Crippen LogP) is 6.86. The summed E-state index contributed by atoms with van der Waals surface area (Å²) in [5.74, 6) is -0.184. The molecule has 0 saturated carbocycles. The van der Waals surface area contributed by atoms with Crippen LogP contribution in [0, 0.1) is 18.3 Å². The molecule has 0 fully saturated rings. The maximum Gasteiger partial charge on any atom is 0.332 e. The van der Waals surface area contributed by atoms with E-state index in [0.29, 0.717) is 32.5 Å². The van der Waals surface area contributed by atoms with Gasteiger partial charge >= 0.3 is 7.60 Å². The fourth-order valence-corrected chi connectivity index (χ4v) is 5.48. The Kier molecular flexibility index (Phi) is 10.2. The zero-order valence-corrected chi connectivity index (χ0v) is 21.5. The second-order valence-electron chi connectivity index (χ2n) is 7.17. The number of halogens is 2. The molecule has 2 aromatic carbocycles. The minimum Gasteiger partial charge on any atom is -0.382 e. The molecular weight excluding hydrogens is 484 g/mol. The van der Waals surface area contributed by atoms with Gasteiger partial charge in [0.05, 0.1) is 36.8 Å². The molecule has 2 N–H and O–H groups in total. The Morgan fingerprint density at radius 2 is 1.73 bits per heavy atom. The molecule has 0 bridgehead atoms. The van der Waals surface area contributed by atoms with Gasteiger partial charge in [-0.1, -0.05) is 35.3 Å². The summed E-state index contributed by atoms with van der Waals surface area (Å²) < 4.78 is 23.5. The Morgan fingerprint density at radius 1 is 1.12 bits per heavy atom. The summed E-state index contributed by atoms with van der Waals surface area (Å²) >= 11 is 12.6. The molecule has 0 radical (unpaired) electrons. The second-order valence-corrected chi connectivity index (χ2v) is 10.2. The van der Waals surface area contributed by atoms with Crippen LogP contribution < -0.4 is 10.6 Å². The second kappa shape index (κ2) is 12.4. The first-order valence-corrected chi connectivity index (χ1v) is 13.0. The van der Waals surface area contributed by atoms with Crippen molar-refractivity contribution in [2.24, 2.45) is 0 Å². The van der Waals surface area contributed by atoms with Gasteiger partial charge in [0.2, 0.25) is 0 Å². The number of nitrogens with one attached hydrogen (secondary N) is 2. The highest BCUT2D eigenvalue weighted by Gasteiger charge is 2.25. The van der Waals surface area contributed by atoms with Crippen LogP contribution in [0.4, 0.5) is 11.4 Å². The molecular formula is C23H28Cl2N3O4P. The van der Waals surface area contributed by atoms with Crippen LogP contribution in [0.1, 0.15) is 48.3 Å². The number of hydrogen-bond donors (Lipinski definition) is 2. The van der Waals surface area contributed by atoms with Gasteiger partial charge in [0, 0.05) is 27.7 Å². The third kappa shape index (κ3) is 6.96. The van der Waals surface area contributed by atoms with E-state index in [1.807, 2.05) is 6.92 Å². The first-order chi connectivity index (χ1) is 15.7. The van der Waals surface area contributed by atoms with E-state index >= 15 is 0 Å². The van der Waals surface area contributed by atoms with Gasteiger partial charge < -0.3 is 19.7 Å². The Balaban J connectivity index is 2.43. The van der Waals surface area contributed by atoms with E-state index in [1.165, 1.54) is 6.92 Å². The van der Waals surface area contributed by atoms with E-state index in [-0.39, 0.29) is 31.7 Å². The molecule has 0 aromatic heterocycles. The van der Waals surface area contributed by atoms with Gasteiger partial charge in [0.15, 0.2) is 5.78 Å². The first-order valence-electron chi connectivity index (χ1n) is 10.5. The molecule has 0 amide bonds. The average molecular weight is 512 g/mol. The molecule has 33 heavy (non-hydrogen) atoms. The summed E-state index contributed by atoms with van der Waals surface area (Å²) in [5, 5.41) is 16.9. The maximum absolute atomic E-state index is 12.8. The van der Waals surface area contributed by atoms with Gasteiger partial charge in [-0.2, -0.15) is 5.26 Å². The van der Waals surface area contributed by atoms with Crippen LogP contribution in [0.15, 0.2) is 30.3 Å². The Morgan fingerprint density at radius 3 is 2.24 bits per heavy atom. The standard InChI is InChI=1S/C23H28Cl2N3O4P/c1-5-31-33(30,32-6-2)13-12-27-22-15(3)10-11-17(16(4)29)23(22)28-20(14-26)21-18(24)8-7-9-19(21)25/h7-11,20,27-28H,5-6,12-13H2,1-4H3. The highest BCUT2D eigenvalue weighted by atomic mass is 35.5. The normalized spacial score (nSPS) is 12.2. The lowest BCUT2D eigenvalue weighted by atomic mass is 10.0. The SMILES string of the molecule is CCOP(=O)(CCNc1c(C)ccc(C(C)=O)c1NC(C#N)c1c(Cl)cccc1Cl)OCC. The molecule has 2 rings (SSSR count). The first kappa shape index (κ1) is 27.2. The van der Waals surface area contributed by atoms with Gasteiger partial charge in [0.1, 0.15) is 6.04 Å². The summed E-state index contributed by atoms with van der Waals surface area (Å²) in [4.78, 5) is 12.4. The zero-order valence-electron chi connectivity index (χ0n) is 19.1. The number of carbonyl (C=O) groups excluding carboxylic acids is 1. The van der Waals surface area contributed by atoms with E-state index in [1.54, 1.807) is 44.2 Å². The molecule has 7 nitrogen and oxygen atoms in total. The summed E-state index contributed by atoms with van der Waals surface area (Å²) in [6, 6.07) is 9.75. The number of carbonyl (C=O) groups is 1. The van der Waals surface area contributed by atoms with Crippen LogP contribution in [-0.4, -0.2) is 31.7 Å². The van der Waals surface area contributed by atoms with Crippen molar-refractivity contribution in [3.8, 4) is 6.07 Å². The zero-order chi connectivity index (χ0) is 24.6. The Hall–Kier alpha value is -2.07. The number of rotatable bonds is 12. The van der Waals surface area contributed by atoms with Crippen molar-refractivity contribution < 1.29 is 18.4 Å². The number of nitriles is 1. The minimum absolute atomic E-state index is 0.135. The van der Waals surface area contributed by atoms with Crippen LogP contribution in [0.25, 0.3) is 0 Å². The van der Waals surface area contributed by atoms with Crippen LogP contribution >= 0.6 is 30.8 Å². The van der Waals surface area contributed by atoms with E-state index < -0.39 is 13.6 Å². The Labute approximate surface area is 204 Å². The summed E-state index contributed by atoms with van der Waals surface area (Å²) in [6.45, 7) is 7.62. The topological polar surface area (TPSA) is 100 Å². The van der Waals surface area contributed by atoms with Crippen LogP contribution in [-0.2, 0) is 13.6 Å². The monoisotopic (exact) mass is 511 g/mol. The fourth-order valence-electron chi connectivity index (χ4n) is 3.36. The lowest BCUT2D eigenvalue weighted by Gasteiger charge is -2.23. The van der Waals surface area contributed by atoms with Crippen molar-refractivity contribution >= 4 is 48.0 Å². The van der Waals surface area contributed by atoms with Gasteiger partial charge in [-0.05, 0) is 51.5 Å². The molecule has 0 spiro atoms. The van der Waals surface area contributed by atoms with Crippen molar-refractivity contribution in [3.05, 3.63) is 57.1 Å². The largest absolute Gasteiger partial charge is 0.382 e. The Bertz CT molecular complexity index is 1060. The van der Waals surface area contributed by atoms with Crippen molar-refractivity contribution in [2.75, 3.05) is 36.6 Å². The number of anilines is 2. The highest BCUT2D eigenvalue weighted by molar-refractivity contribution is 7.53. The van der Waals surface area contributed by atoms with Gasteiger partial charge in [-0.25, -0.2) is 0 Å². The molecule has 0 saturated heterocycles. The molecule has 0 heterocycles. The van der Waals surface area contributed by atoms with Gasteiger partial charge in [-0.3, -0.25) is 9.36 Å². The molecule has 10 heteroatoms. The summed E-state index contributed by atoms with van der Waals surface area (Å²) in [6.07, 6.45) is 0.135. The van der Waals surface area contributed by atoms with E-state index in [2.05, 4.69) is 16.7 Å². The molecule has 1 atom stereocenters. The number of aryl methyl sites for hydroxylation is 1. The summed E-state index contributed by atoms with van der Waals surface area (Å²) in [7, 11) is -3.25. The molecule has 2 aromatic rings.